The first-order valence-corrected chi connectivity index (χ1v) is 5.85. The van der Waals surface area contributed by atoms with Crippen LogP contribution in [0.3, 0.4) is 0 Å². The lowest BCUT2D eigenvalue weighted by Crippen LogP contribution is -2.38. The molecule has 0 saturated heterocycles. The van der Waals surface area contributed by atoms with Crippen molar-refractivity contribution in [2.45, 2.75) is 56.8 Å². The van der Waals surface area contributed by atoms with E-state index in [1.807, 2.05) is 0 Å². The summed E-state index contributed by atoms with van der Waals surface area (Å²) in [5.41, 5.74) is 0. The summed E-state index contributed by atoms with van der Waals surface area (Å²) in [7, 11) is 0. The van der Waals surface area contributed by atoms with E-state index in [0.717, 1.165) is 45.1 Å². The van der Waals surface area contributed by atoms with E-state index in [-0.39, 0.29) is 12.2 Å². The van der Waals surface area contributed by atoms with Crippen LogP contribution in [0.1, 0.15) is 38.5 Å². The maximum Gasteiger partial charge on any atom is 0.0693 e. The van der Waals surface area contributed by atoms with E-state index in [2.05, 4.69) is 5.32 Å². The van der Waals surface area contributed by atoms with Crippen LogP contribution in [0.4, 0.5) is 0 Å². The van der Waals surface area contributed by atoms with Gasteiger partial charge in [0.2, 0.25) is 0 Å². The summed E-state index contributed by atoms with van der Waals surface area (Å²) in [6.07, 6.45) is 6.02. The average molecular weight is 199 g/mol. The molecule has 82 valence electrons. The Bertz CT molecular complexity index is 186. The summed E-state index contributed by atoms with van der Waals surface area (Å²) in [6.45, 7) is 0.971. The third-order valence-corrected chi connectivity index (χ3v) is 3.66. The van der Waals surface area contributed by atoms with Crippen LogP contribution in [0, 0.1) is 5.92 Å². The van der Waals surface area contributed by atoms with E-state index < -0.39 is 0 Å². The first kappa shape index (κ1) is 10.4. The molecule has 3 N–H and O–H groups in total. The molecule has 2 aliphatic carbocycles. The van der Waals surface area contributed by atoms with Gasteiger partial charge in [-0.3, -0.25) is 0 Å². The maximum atomic E-state index is 9.60. The van der Waals surface area contributed by atoms with Gasteiger partial charge >= 0.3 is 0 Å². The van der Waals surface area contributed by atoms with Crippen molar-refractivity contribution in [1.82, 2.24) is 5.32 Å². The monoisotopic (exact) mass is 199 g/mol. The van der Waals surface area contributed by atoms with Gasteiger partial charge < -0.3 is 15.5 Å². The summed E-state index contributed by atoms with van der Waals surface area (Å²) in [4.78, 5) is 0. The summed E-state index contributed by atoms with van der Waals surface area (Å²) < 4.78 is 0. The van der Waals surface area contributed by atoms with Gasteiger partial charge in [-0.2, -0.15) is 0 Å². The van der Waals surface area contributed by atoms with Gasteiger partial charge in [-0.15, -0.1) is 0 Å². The lowest BCUT2D eigenvalue weighted by molar-refractivity contribution is 0.145. The second-order valence-electron chi connectivity index (χ2n) is 4.85. The van der Waals surface area contributed by atoms with E-state index >= 15 is 0 Å². The number of nitrogens with one attached hydrogen (secondary N) is 1. The van der Waals surface area contributed by atoms with Gasteiger partial charge in [0.25, 0.3) is 0 Å². The molecular formula is C11H21NO2. The Morgan fingerprint density at radius 2 is 1.93 bits per heavy atom. The molecule has 2 saturated carbocycles. The van der Waals surface area contributed by atoms with Gasteiger partial charge in [0.1, 0.15) is 0 Å². The fourth-order valence-corrected chi connectivity index (χ4v) is 2.73. The summed E-state index contributed by atoms with van der Waals surface area (Å²) >= 11 is 0. The van der Waals surface area contributed by atoms with Gasteiger partial charge in [0.05, 0.1) is 12.2 Å². The van der Waals surface area contributed by atoms with E-state index in [9.17, 15) is 10.2 Å². The Kier molecular flexibility index (Phi) is 3.42. The van der Waals surface area contributed by atoms with E-state index in [1.165, 1.54) is 0 Å². The number of rotatable bonds is 3. The third-order valence-electron chi connectivity index (χ3n) is 3.66. The van der Waals surface area contributed by atoms with Crippen LogP contribution in [-0.4, -0.2) is 35.0 Å². The first-order chi connectivity index (χ1) is 6.75. The minimum absolute atomic E-state index is 0.0738. The third kappa shape index (κ3) is 2.47. The van der Waals surface area contributed by atoms with Gasteiger partial charge in [0.15, 0.2) is 0 Å². The minimum atomic E-state index is -0.138. The minimum Gasteiger partial charge on any atom is -0.393 e. The zero-order valence-corrected chi connectivity index (χ0v) is 8.65. The highest BCUT2D eigenvalue weighted by Crippen LogP contribution is 2.25. The van der Waals surface area contributed by atoms with Gasteiger partial charge in [-0.1, -0.05) is 0 Å². The molecule has 0 aromatic rings. The molecule has 14 heavy (non-hydrogen) atoms. The van der Waals surface area contributed by atoms with Crippen molar-refractivity contribution in [2.75, 3.05) is 6.54 Å². The summed E-state index contributed by atoms with van der Waals surface area (Å²) in [6, 6.07) is 0.313. The van der Waals surface area contributed by atoms with Crippen molar-refractivity contribution >= 4 is 0 Å². The molecule has 0 aliphatic heterocycles. The number of aliphatic hydroxyl groups is 2. The molecular weight excluding hydrogens is 178 g/mol. The van der Waals surface area contributed by atoms with Gasteiger partial charge in [-0.25, -0.2) is 0 Å². The molecule has 0 radical (unpaired) electrons. The Morgan fingerprint density at radius 1 is 1.07 bits per heavy atom. The molecule has 2 rings (SSSR count). The van der Waals surface area contributed by atoms with Crippen LogP contribution in [0.25, 0.3) is 0 Å². The second kappa shape index (κ2) is 4.60. The smallest absolute Gasteiger partial charge is 0.0693 e. The molecule has 2 fully saturated rings. The lowest BCUT2D eigenvalue weighted by atomic mass is 10.1. The van der Waals surface area contributed by atoms with Gasteiger partial charge in [-0.05, 0) is 51.0 Å². The fourth-order valence-electron chi connectivity index (χ4n) is 2.73. The van der Waals surface area contributed by atoms with Crippen LogP contribution in [-0.2, 0) is 0 Å². The molecule has 0 aromatic heterocycles. The molecule has 0 amide bonds. The summed E-state index contributed by atoms with van der Waals surface area (Å²) in [5, 5.41) is 22.4. The van der Waals surface area contributed by atoms with E-state index in [4.69, 9.17) is 0 Å². The van der Waals surface area contributed by atoms with Crippen LogP contribution < -0.4 is 5.32 Å². The van der Waals surface area contributed by atoms with Crippen molar-refractivity contribution in [2.24, 2.45) is 5.92 Å². The zero-order chi connectivity index (χ0) is 9.97. The molecule has 0 bridgehead atoms. The first-order valence-electron chi connectivity index (χ1n) is 5.85. The molecule has 3 heteroatoms. The highest BCUT2D eigenvalue weighted by Gasteiger charge is 2.27. The predicted molar refractivity (Wildman–Crippen MR) is 55.0 cm³/mol. The van der Waals surface area contributed by atoms with Crippen molar-refractivity contribution in [3.8, 4) is 0 Å². The van der Waals surface area contributed by atoms with Crippen molar-refractivity contribution in [1.29, 1.82) is 0 Å². The van der Waals surface area contributed by atoms with Crippen LogP contribution in [0.2, 0.25) is 0 Å². The normalized spacial score (nSPS) is 43.3. The molecule has 0 spiro atoms. The quantitative estimate of drug-likeness (QED) is 0.625. The second-order valence-corrected chi connectivity index (χ2v) is 4.85. The van der Waals surface area contributed by atoms with Crippen LogP contribution in [0.5, 0.6) is 0 Å². The summed E-state index contributed by atoms with van der Waals surface area (Å²) in [5.74, 6) is 0.623. The number of hydrogen-bond acceptors (Lipinski definition) is 3. The van der Waals surface area contributed by atoms with Crippen molar-refractivity contribution in [3.05, 3.63) is 0 Å². The standard InChI is InChI=1S/C11H21NO2/c13-9-5-4-8(6-9)7-12-10-2-1-3-11(10)14/h8-14H,1-7H2/t8?,9?,10-,11-/m0/s1. The Morgan fingerprint density at radius 3 is 2.50 bits per heavy atom. The van der Waals surface area contributed by atoms with E-state index in [0.29, 0.717) is 12.0 Å². The fraction of sp³-hybridized carbons (Fsp3) is 1.00. The Hall–Kier alpha value is -0.120. The predicted octanol–water partition coefficient (Wildman–Crippen LogP) is 0.650. The van der Waals surface area contributed by atoms with Crippen LogP contribution in [0.15, 0.2) is 0 Å². The largest absolute Gasteiger partial charge is 0.393 e. The van der Waals surface area contributed by atoms with Crippen molar-refractivity contribution < 1.29 is 10.2 Å². The maximum absolute atomic E-state index is 9.60. The number of aliphatic hydroxyl groups excluding tert-OH is 2. The highest BCUT2D eigenvalue weighted by molar-refractivity contribution is 4.84. The SMILES string of the molecule is OC1CCC(CN[C@H]2CCC[C@@H]2O)C1. The average Bonchev–Trinajstić information content (AvgIpc) is 2.72. The molecule has 2 unspecified atom stereocenters. The molecule has 2 aliphatic rings. The molecule has 0 aromatic carbocycles. The van der Waals surface area contributed by atoms with E-state index in [1.54, 1.807) is 0 Å². The Balaban J connectivity index is 1.67. The van der Waals surface area contributed by atoms with Crippen LogP contribution >= 0.6 is 0 Å². The number of hydrogen-bond donors (Lipinski definition) is 3. The van der Waals surface area contributed by atoms with Gasteiger partial charge in [0, 0.05) is 6.04 Å². The molecule has 4 atom stereocenters. The lowest BCUT2D eigenvalue weighted by Gasteiger charge is -2.19. The molecule has 3 nitrogen and oxygen atoms in total. The van der Waals surface area contributed by atoms with Crippen molar-refractivity contribution in [3.63, 3.8) is 0 Å². The zero-order valence-electron chi connectivity index (χ0n) is 8.65. The topological polar surface area (TPSA) is 52.5 Å². The highest BCUT2D eigenvalue weighted by atomic mass is 16.3. The molecule has 0 heterocycles. The Labute approximate surface area is 85.5 Å².